The molecule has 0 bridgehead atoms. The van der Waals surface area contributed by atoms with Crippen LogP contribution in [0.5, 0.6) is 5.75 Å². The van der Waals surface area contributed by atoms with Crippen molar-refractivity contribution >= 4 is 15.7 Å². The Kier molecular flexibility index (Phi) is 5.35. The van der Waals surface area contributed by atoms with Crippen molar-refractivity contribution in [2.45, 2.75) is 31.2 Å². The number of ether oxygens (including phenoxy) is 1. The van der Waals surface area contributed by atoms with Gasteiger partial charge in [0.05, 0.1) is 17.8 Å². The van der Waals surface area contributed by atoms with E-state index in [1.54, 1.807) is 12.1 Å². The van der Waals surface area contributed by atoms with Gasteiger partial charge in [-0.15, -0.1) is 0 Å². The van der Waals surface area contributed by atoms with Crippen LogP contribution in [-0.2, 0) is 14.6 Å². The molecule has 0 fully saturated rings. The highest BCUT2D eigenvalue weighted by Crippen LogP contribution is 2.17. The molecule has 0 aromatic heterocycles. The van der Waals surface area contributed by atoms with E-state index in [1.165, 1.54) is 19.2 Å². The van der Waals surface area contributed by atoms with E-state index >= 15 is 0 Å². The number of nitrogens with one attached hydrogen (secondary N) is 1. The summed E-state index contributed by atoms with van der Waals surface area (Å²) < 4.78 is 29.0. The Balaban J connectivity index is 2.67. The summed E-state index contributed by atoms with van der Waals surface area (Å²) in [6.45, 7) is 3.66. The van der Waals surface area contributed by atoms with Gasteiger partial charge in [-0.1, -0.05) is 0 Å². The van der Waals surface area contributed by atoms with Gasteiger partial charge in [0, 0.05) is 12.5 Å². The first kappa shape index (κ1) is 15.5. The molecule has 0 atom stereocenters. The summed E-state index contributed by atoms with van der Waals surface area (Å²) in [5.41, 5.74) is 0. The van der Waals surface area contributed by atoms with Gasteiger partial charge in [-0.3, -0.25) is 4.79 Å². The van der Waals surface area contributed by atoms with E-state index in [4.69, 9.17) is 4.74 Å². The molecular weight excluding hydrogens is 266 g/mol. The quantitative estimate of drug-likeness (QED) is 0.857. The maximum Gasteiger partial charge on any atom is 0.221 e. The van der Waals surface area contributed by atoms with Crippen LogP contribution < -0.4 is 10.1 Å². The summed E-state index contributed by atoms with van der Waals surface area (Å²) in [7, 11) is -1.92. The Bertz CT molecular complexity index is 520. The van der Waals surface area contributed by atoms with Crippen molar-refractivity contribution in [3.8, 4) is 5.75 Å². The Hall–Kier alpha value is -1.56. The maximum absolute atomic E-state index is 12.0. The average molecular weight is 285 g/mol. The van der Waals surface area contributed by atoms with Gasteiger partial charge in [0.15, 0.2) is 9.84 Å². The van der Waals surface area contributed by atoms with E-state index in [1.807, 2.05) is 13.8 Å². The van der Waals surface area contributed by atoms with E-state index in [9.17, 15) is 13.2 Å². The second-order valence-corrected chi connectivity index (χ2v) is 6.58. The predicted octanol–water partition coefficient (Wildman–Crippen LogP) is 1.38. The smallest absolute Gasteiger partial charge is 0.221 e. The highest BCUT2D eigenvalue weighted by Gasteiger charge is 2.16. The lowest BCUT2D eigenvalue weighted by Gasteiger charge is -2.09. The number of hydrogen-bond donors (Lipinski definition) is 1. The molecule has 0 saturated carbocycles. The number of sulfone groups is 1. The zero-order chi connectivity index (χ0) is 14.5. The number of carbonyl (C=O) groups excluding carboxylic acids is 1. The van der Waals surface area contributed by atoms with Gasteiger partial charge >= 0.3 is 0 Å². The van der Waals surface area contributed by atoms with Crippen LogP contribution in [0, 0.1) is 0 Å². The zero-order valence-electron chi connectivity index (χ0n) is 11.3. The average Bonchev–Trinajstić information content (AvgIpc) is 2.36. The highest BCUT2D eigenvalue weighted by atomic mass is 32.2. The topological polar surface area (TPSA) is 72.5 Å². The molecular formula is C13H19NO4S. The molecule has 6 heteroatoms. The normalized spacial score (nSPS) is 11.4. The molecule has 0 spiro atoms. The van der Waals surface area contributed by atoms with Crippen LogP contribution in [0.4, 0.5) is 0 Å². The van der Waals surface area contributed by atoms with Crippen molar-refractivity contribution < 1.29 is 17.9 Å². The Labute approximate surface area is 113 Å². The van der Waals surface area contributed by atoms with Crippen molar-refractivity contribution in [3.05, 3.63) is 24.3 Å². The molecule has 0 heterocycles. The van der Waals surface area contributed by atoms with Gasteiger partial charge in [0.1, 0.15) is 5.75 Å². The number of carbonyl (C=O) groups is 1. The molecule has 0 aliphatic rings. The molecule has 1 N–H and O–H groups in total. The van der Waals surface area contributed by atoms with Gasteiger partial charge in [-0.05, 0) is 38.1 Å². The molecule has 1 amide bonds. The number of hydrogen-bond acceptors (Lipinski definition) is 4. The summed E-state index contributed by atoms with van der Waals surface area (Å²) in [4.78, 5) is 11.6. The lowest BCUT2D eigenvalue weighted by atomic mass is 10.3. The molecule has 5 nitrogen and oxygen atoms in total. The standard InChI is InChI=1S/C13H19NO4S/c1-10(2)14-13(15)8-9-19(16,17)12-6-4-11(18-3)5-7-12/h4-7,10H,8-9H2,1-3H3,(H,14,15). The number of methoxy groups -OCH3 is 1. The Morgan fingerprint density at radius 1 is 1.26 bits per heavy atom. The Morgan fingerprint density at radius 3 is 2.32 bits per heavy atom. The summed E-state index contributed by atoms with van der Waals surface area (Å²) in [5.74, 6) is 0.140. The maximum atomic E-state index is 12.0. The molecule has 1 aromatic rings. The molecule has 19 heavy (non-hydrogen) atoms. The summed E-state index contributed by atoms with van der Waals surface area (Å²) in [5, 5.41) is 2.66. The van der Waals surface area contributed by atoms with Crippen LogP contribution in [-0.4, -0.2) is 33.2 Å². The van der Waals surface area contributed by atoms with Crippen LogP contribution in [0.25, 0.3) is 0 Å². The third-order valence-corrected chi connectivity index (χ3v) is 4.20. The van der Waals surface area contributed by atoms with Gasteiger partial charge in [-0.25, -0.2) is 8.42 Å². The van der Waals surface area contributed by atoms with Crippen molar-refractivity contribution in [2.24, 2.45) is 0 Å². The lowest BCUT2D eigenvalue weighted by Crippen LogP contribution is -2.31. The van der Waals surface area contributed by atoms with Crippen LogP contribution in [0.15, 0.2) is 29.2 Å². The molecule has 106 valence electrons. The van der Waals surface area contributed by atoms with Crippen LogP contribution in [0.2, 0.25) is 0 Å². The second-order valence-electron chi connectivity index (χ2n) is 4.47. The van der Waals surface area contributed by atoms with Crippen LogP contribution in [0.1, 0.15) is 20.3 Å². The number of rotatable bonds is 6. The van der Waals surface area contributed by atoms with Gasteiger partial charge in [0.25, 0.3) is 0 Å². The minimum Gasteiger partial charge on any atom is -0.497 e. The second kappa shape index (κ2) is 6.56. The van der Waals surface area contributed by atoms with Crippen LogP contribution >= 0.6 is 0 Å². The van der Waals surface area contributed by atoms with Crippen molar-refractivity contribution in [1.82, 2.24) is 5.32 Å². The fourth-order valence-corrected chi connectivity index (χ4v) is 2.76. The SMILES string of the molecule is COc1ccc(S(=O)(=O)CCC(=O)NC(C)C)cc1. The molecule has 1 aromatic carbocycles. The molecule has 0 unspecified atom stereocenters. The van der Waals surface area contributed by atoms with Gasteiger partial charge in [0.2, 0.25) is 5.91 Å². The molecule has 0 aliphatic carbocycles. The van der Waals surface area contributed by atoms with Crippen molar-refractivity contribution in [1.29, 1.82) is 0 Å². The first-order chi connectivity index (χ1) is 8.85. The van der Waals surface area contributed by atoms with E-state index in [0.29, 0.717) is 5.75 Å². The van der Waals surface area contributed by atoms with Crippen LogP contribution in [0.3, 0.4) is 0 Å². The number of benzene rings is 1. The summed E-state index contributed by atoms with van der Waals surface area (Å²) in [6.07, 6.45) is -0.0352. The number of amides is 1. The van der Waals surface area contributed by atoms with E-state index in [2.05, 4.69) is 5.32 Å². The Morgan fingerprint density at radius 2 is 1.84 bits per heavy atom. The largest absolute Gasteiger partial charge is 0.497 e. The monoisotopic (exact) mass is 285 g/mol. The van der Waals surface area contributed by atoms with E-state index < -0.39 is 9.84 Å². The zero-order valence-corrected chi connectivity index (χ0v) is 12.2. The predicted molar refractivity (Wildman–Crippen MR) is 72.9 cm³/mol. The van der Waals surface area contributed by atoms with Crippen molar-refractivity contribution in [3.63, 3.8) is 0 Å². The third-order valence-electron chi connectivity index (χ3n) is 2.47. The lowest BCUT2D eigenvalue weighted by molar-refractivity contribution is -0.121. The van der Waals surface area contributed by atoms with Crippen molar-refractivity contribution in [2.75, 3.05) is 12.9 Å². The summed E-state index contributed by atoms with van der Waals surface area (Å²) >= 11 is 0. The third kappa shape index (κ3) is 4.90. The molecule has 0 radical (unpaired) electrons. The van der Waals surface area contributed by atoms with Gasteiger partial charge in [-0.2, -0.15) is 0 Å². The molecule has 0 aliphatic heterocycles. The first-order valence-electron chi connectivity index (χ1n) is 6.01. The fourth-order valence-electron chi connectivity index (χ4n) is 1.52. The molecule has 1 rings (SSSR count). The first-order valence-corrected chi connectivity index (χ1v) is 7.66. The minimum atomic E-state index is -3.43. The van der Waals surface area contributed by atoms with E-state index in [-0.39, 0.29) is 29.0 Å². The summed E-state index contributed by atoms with van der Waals surface area (Å²) in [6, 6.07) is 6.14. The molecule has 0 saturated heterocycles. The van der Waals surface area contributed by atoms with Gasteiger partial charge < -0.3 is 10.1 Å². The fraction of sp³-hybridized carbons (Fsp3) is 0.462. The van der Waals surface area contributed by atoms with E-state index in [0.717, 1.165) is 0 Å². The minimum absolute atomic E-state index is 0.0104. The highest BCUT2D eigenvalue weighted by molar-refractivity contribution is 7.91.